The fourth-order valence-electron chi connectivity index (χ4n) is 1.92. The Hall–Kier alpha value is -2.21. The number of aryl methyl sites for hydroxylation is 1. The van der Waals surface area contributed by atoms with E-state index in [1.165, 1.54) is 25.3 Å². The summed E-state index contributed by atoms with van der Waals surface area (Å²) in [7, 11) is -2.32. The van der Waals surface area contributed by atoms with Crippen LogP contribution in [0.15, 0.2) is 47.4 Å². The first-order chi connectivity index (χ1) is 9.96. The zero-order valence-corrected chi connectivity index (χ0v) is 12.8. The Balaban J connectivity index is 2.33. The van der Waals surface area contributed by atoms with Crippen LogP contribution in [-0.4, -0.2) is 15.5 Å². The van der Waals surface area contributed by atoms with Crippen LogP contribution < -0.4 is 15.2 Å². The zero-order valence-electron chi connectivity index (χ0n) is 12.0. The predicted molar refractivity (Wildman–Crippen MR) is 84.0 cm³/mol. The van der Waals surface area contributed by atoms with Gasteiger partial charge in [0, 0.05) is 17.4 Å². The van der Waals surface area contributed by atoms with Crippen molar-refractivity contribution in [1.29, 1.82) is 0 Å². The van der Waals surface area contributed by atoms with Crippen molar-refractivity contribution in [1.82, 2.24) is 0 Å². The van der Waals surface area contributed by atoms with Crippen molar-refractivity contribution in [3.8, 4) is 5.75 Å². The molecule has 0 amide bonds. The van der Waals surface area contributed by atoms with Gasteiger partial charge in [-0.3, -0.25) is 4.72 Å². The van der Waals surface area contributed by atoms with Crippen LogP contribution in [0.25, 0.3) is 0 Å². The lowest BCUT2D eigenvalue weighted by Crippen LogP contribution is -2.14. The lowest BCUT2D eigenvalue weighted by molar-refractivity contribution is 0.403. The van der Waals surface area contributed by atoms with Crippen LogP contribution in [0.3, 0.4) is 0 Å². The Labute approximate surface area is 124 Å². The van der Waals surface area contributed by atoms with E-state index in [0.717, 1.165) is 12.0 Å². The van der Waals surface area contributed by atoms with Gasteiger partial charge in [-0.1, -0.05) is 19.1 Å². The van der Waals surface area contributed by atoms with Crippen LogP contribution in [0.4, 0.5) is 11.4 Å². The van der Waals surface area contributed by atoms with Crippen LogP contribution in [-0.2, 0) is 16.4 Å². The third-order valence-corrected chi connectivity index (χ3v) is 4.51. The maximum atomic E-state index is 12.4. The number of rotatable bonds is 5. The van der Waals surface area contributed by atoms with Gasteiger partial charge in [0.05, 0.1) is 7.11 Å². The molecule has 3 N–H and O–H groups in total. The highest BCUT2D eigenvalue weighted by molar-refractivity contribution is 7.92. The number of hydrogen-bond acceptors (Lipinski definition) is 4. The fraction of sp³-hybridized carbons (Fsp3) is 0.200. The summed E-state index contributed by atoms with van der Waals surface area (Å²) in [5.74, 6) is 0.215. The van der Waals surface area contributed by atoms with Crippen LogP contribution >= 0.6 is 0 Å². The highest BCUT2D eigenvalue weighted by atomic mass is 32.2. The molecule has 2 aromatic carbocycles. The van der Waals surface area contributed by atoms with Crippen molar-refractivity contribution >= 4 is 21.4 Å². The van der Waals surface area contributed by atoms with Crippen molar-refractivity contribution in [2.75, 3.05) is 17.6 Å². The minimum atomic E-state index is -3.72. The number of ether oxygens (including phenoxy) is 1. The third kappa shape index (κ3) is 3.46. The Bertz CT molecular complexity index is 725. The molecule has 0 bridgehead atoms. The van der Waals surface area contributed by atoms with Crippen molar-refractivity contribution in [3.63, 3.8) is 0 Å². The Morgan fingerprint density at radius 1 is 1.14 bits per heavy atom. The number of nitrogens with one attached hydrogen (secondary N) is 1. The number of nitrogen functional groups attached to an aromatic ring is 1. The summed E-state index contributed by atoms with van der Waals surface area (Å²) in [6.07, 6.45) is 0.902. The van der Waals surface area contributed by atoms with Gasteiger partial charge in [-0.2, -0.15) is 0 Å². The standard InChI is InChI=1S/C15H18N2O3S/c1-3-11-4-7-13(8-5-11)17-21(18,19)15-9-6-12(16)10-14(15)20-2/h4-10,17H,3,16H2,1-2H3. The van der Waals surface area contributed by atoms with Gasteiger partial charge in [-0.25, -0.2) is 8.42 Å². The number of anilines is 2. The second kappa shape index (κ2) is 6.05. The summed E-state index contributed by atoms with van der Waals surface area (Å²) in [6, 6.07) is 11.7. The van der Waals surface area contributed by atoms with Gasteiger partial charge in [0.15, 0.2) is 0 Å². The molecule has 0 radical (unpaired) electrons. The summed E-state index contributed by atoms with van der Waals surface area (Å²) in [6.45, 7) is 2.04. The molecule has 2 rings (SSSR count). The SMILES string of the molecule is CCc1ccc(NS(=O)(=O)c2ccc(N)cc2OC)cc1. The highest BCUT2D eigenvalue weighted by Crippen LogP contribution is 2.27. The smallest absolute Gasteiger partial charge is 0.265 e. The average Bonchev–Trinajstić information content (AvgIpc) is 2.47. The van der Waals surface area contributed by atoms with E-state index >= 15 is 0 Å². The van der Waals surface area contributed by atoms with Crippen LogP contribution in [0.1, 0.15) is 12.5 Å². The average molecular weight is 306 g/mol. The van der Waals surface area contributed by atoms with E-state index in [1.54, 1.807) is 12.1 Å². The zero-order chi connectivity index (χ0) is 15.5. The second-order valence-electron chi connectivity index (χ2n) is 4.57. The normalized spacial score (nSPS) is 11.1. The summed E-state index contributed by atoms with van der Waals surface area (Å²) >= 11 is 0. The molecule has 2 aromatic rings. The van der Waals surface area contributed by atoms with Gasteiger partial charge in [-0.05, 0) is 36.2 Å². The topological polar surface area (TPSA) is 81.4 Å². The van der Waals surface area contributed by atoms with Crippen molar-refractivity contribution < 1.29 is 13.2 Å². The van der Waals surface area contributed by atoms with E-state index in [-0.39, 0.29) is 10.6 Å². The fourth-order valence-corrected chi connectivity index (χ4v) is 3.14. The van der Waals surface area contributed by atoms with Crippen molar-refractivity contribution in [2.45, 2.75) is 18.2 Å². The molecule has 0 unspecified atom stereocenters. The molecule has 112 valence electrons. The maximum Gasteiger partial charge on any atom is 0.265 e. The lowest BCUT2D eigenvalue weighted by Gasteiger charge is -2.12. The van der Waals surface area contributed by atoms with Gasteiger partial charge in [-0.15, -0.1) is 0 Å². The maximum absolute atomic E-state index is 12.4. The van der Waals surface area contributed by atoms with E-state index < -0.39 is 10.0 Å². The van der Waals surface area contributed by atoms with E-state index in [1.807, 2.05) is 19.1 Å². The van der Waals surface area contributed by atoms with Gasteiger partial charge in [0.1, 0.15) is 10.6 Å². The predicted octanol–water partition coefficient (Wildman–Crippen LogP) is 2.64. The molecule has 0 fully saturated rings. The number of methoxy groups -OCH3 is 1. The molecule has 0 atom stereocenters. The van der Waals surface area contributed by atoms with Crippen molar-refractivity contribution in [3.05, 3.63) is 48.0 Å². The number of benzene rings is 2. The molecule has 5 nitrogen and oxygen atoms in total. The molecule has 0 spiro atoms. The highest BCUT2D eigenvalue weighted by Gasteiger charge is 2.19. The van der Waals surface area contributed by atoms with E-state index in [9.17, 15) is 8.42 Å². The molecule has 0 aliphatic carbocycles. The first-order valence-electron chi connectivity index (χ1n) is 6.51. The minimum Gasteiger partial charge on any atom is -0.495 e. The molecule has 21 heavy (non-hydrogen) atoms. The quantitative estimate of drug-likeness (QED) is 0.832. The monoisotopic (exact) mass is 306 g/mol. The third-order valence-electron chi connectivity index (χ3n) is 3.09. The summed E-state index contributed by atoms with van der Waals surface area (Å²) in [5.41, 5.74) is 7.73. The van der Waals surface area contributed by atoms with Crippen LogP contribution in [0, 0.1) is 0 Å². The molecule has 0 aromatic heterocycles. The summed E-state index contributed by atoms with van der Waals surface area (Å²) < 4.78 is 32.4. The number of nitrogens with two attached hydrogens (primary N) is 1. The Morgan fingerprint density at radius 2 is 1.81 bits per heavy atom. The minimum absolute atomic E-state index is 0.0544. The molecular formula is C15H18N2O3S. The van der Waals surface area contributed by atoms with Crippen LogP contribution in [0.2, 0.25) is 0 Å². The lowest BCUT2D eigenvalue weighted by atomic mass is 10.2. The van der Waals surface area contributed by atoms with E-state index in [0.29, 0.717) is 11.4 Å². The summed E-state index contributed by atoms with van der Waals surface area (Å²) in [4.78, 5) is 0.0544. The number of hydrogen-bond donors (Lipinski definition) is 2. The van der Waals surface area contributed by atoms with Gasteiger partial charge in [0.2, 0.25) is 0 Å². The first kappa shape index (κ1) is 15.2. The first-order valence-corrected chi connectivity index (χ1v) is 8.00. The molecule has 0 aliphatic rings. The van der Waals surface area contributed by atoms with E-state index in [4.69, 9.17) is 10.5 Å². The van der Waals surface area contributed by atoms with Crippen molar-refractivity contribution in [2.24, 2.45) is 0 Å². The molecule has 6 heteroatoms. The molecule has 0 saturated heterocycles. The van der Waals surface area contributed by atoms with Gasteiger partial charge < -0.3 is 10.5 Å². The molecule has 0 aliphatic heterocycles. The molecular weight excluding hydrogens is 288 g/mol. The van der Waals surface area contributed by atoms with E-state index in [2.05, 4.69) is 4.72 Å². The molecule has 0 heterocycles. The Morgan fingerprint density at radius 3 is 2.38 bits per heavy atom. The number of sulfonamides is 1. The second-order valence-corrected chi connectivity index (χ2v) is 6.22. The van der Waals surface area contributed by atoms with Gasteiger partial charge >= 0.3 is 0 Å². The van der Waals surface area contributed by atoms with Gasteiger partial charge in [0.25, 0.3) is 10.0 Å². The summed E-state index contributed by atoms with van der Waals surface area (Å²) in [5, 5.41) is 0. The van der Waals surface area contributed by atoms with Crippen LogP contribution in [0.5, 0.6) is 5.75 Å². The largest absolute Gasteiger partial charge is 0.495 e. The Kier molecular flexibility index (Phi) is 4.37. The molecule has 0 saturated carbocycles.